The molecule has 0 heterocycles. The van der Waals surface area contributed by atoms with Gasteiger partial charge in [0.05, 0.1) is 0 Å². The number of nitrogen functional groups attached to an aromatic ring is 2. The average Bonchev–Trinajstić information content (AvgIpc) is 2.07. The van der Waals surface area contributed by atoms with Crippen molar-refractivity contribution in [1.82, 2.24) is 0 Å². The molecular weight excluding hydrogens is 148 g/mol. The summed E-state index contributed by atoms with van der Waals surface area (Å²) in [4.78, 5) is 0. The predicted molar refractivity (Wildman–Crippen MR) is 51.6 cm³/mol. The molecule has 0 aliphatic rings. The Bertz CT molecular complexity index is 380. The lowest BCUT2D eigenvalue weighted by atomic mass is 10.1. The Hall–Kier alpha value is -1.70. The van der Waals surface area contributed by atoms with E-state index in [1.54, 1.807) is 6.07 Å². The molecular formula is C10H9N2. The SMILES string of the molecule is Nc1cccc2c(N)cc[c]c12. The molecule has 0 aliphatic carbocycles. The van der Waals surface area contributed by atoms with Crippen molar-refractivity contribution in [3.8, 4) is 0 Å². The van der Waals surface area contributed by atoms with E-state index in [1.807, 2.05) is 24.3 Å². The number of fused-ring (bicyclic) bond motifs is 1. The summed E-state index contributed by atoms with van der Waals surface area (Å²) < 4.78 is 0. The van der Waals surface area contributed by atoms with Gasteiger partial charge in [0.15, 0.2) is 0 Å². The highest BCUT2D eigenvalue weighted by atomic mass is 14.6. The fourth-order valence-corrected chi connectivity index (χ4v) is 1.28. The summed E-state index contributed by atoms with van der Waals surface area (Å²) in [5.41, 5.74) is 13.0. The van der Waals surface area contributed by atoms with Gasteiger partial charge in [-0.25, -0.2) is 0 Å². The Labute approximate surface area is 70.8 Å². The van der Waals surface area contributed by atoms with E-state index in [1.165, 1.54) is 0 Å². The number of benzene rings is 2. The highest BCUT2D eigenvalue weighted by Gasteiger charge is 1.98. The van der Waals surface area contributed by atoms with E-state index in [-0.39, 0.29) is 0 Å². The minimum absolute atomic E-state index is 0.722. The molecule has 0 unspecified atom stereocenters. The van der Waals surface area contributed by atoms with Crippen molar-refractivity contribution in [3.05, 3.63) is 36.4 Å². The fraction of sp³-hybridized carbons (Fsp3) is 0. The molecule has 0 bridgehead atoms. The molecule has 4 N–H and O–H groups in total. The van der Waals surface area contributed by atoms with Crippen LogP contribution in [0.3, 0.4) is 0 Å². The zero-order valence-corrected chi connectivity index (χ0v) is 6.54. The highest BCUT2D eigenvalue weighted by molar-refractivity contribution is 5.99. The normalized spacial score (nSPS) is 10.3. The van der Waals surface area contributed by atoms with Crippen LogP contribution in [0.4, 0.5) is 11.4 Å². The number of hydrogen-bond acceptors (Lipinski definition) is 2. The summed E-state index contributed by atoms with van der Waals surface area (Å²) in [6, 6.07) is 12.3. The minimum Gasteiger partial charge on any atom is -0.398 e. The van der Waals surface area contributed by atoms with Crippen molar-refractivity contribution in [3.63, 3.8) is 0 Å². The summed E-state index contributed by atoms with van der Waals surface area (Å²) >= 11 is 0. The van der Waals surface area contributed by atoms with Crippen molar-refractivity contribution >= 4 is 22.1 Å². The molecule has 0 atom stereocenters. The monoisotopic (exact) mass is 157 g/mol. The Kier molecular flexibility index (Phi) is 1.40. The number of anilines is 2. The van der Waals surface area contributed by atoms with Gasteiger partial charge in [0, 0.05) is 22.1 Å². The maximum absolute atomic E-state index is 5.75. The molecule has 2 aromatic carbocycles. The minimum atomic E-state index is 0.722. The molecule has 2 aromatic rings. The highest BCUT2D eigenvalue weighted by Crippen LogP contribution is 2.24. The largest absolute Gasteiger partial charge is 0.398 e. The van der Waals surface area contributed by atoms with Crippen molar-refractivity contribution < 1.29 is 0 Å². The first-order valence-corrected chi connectivity index (χ1v) is 3.73. The van der Waals surface area contributed by atoms with Crippen LogP contribution in [0.15, 0.2) is 30.3 Å². The standard InChI is InChI=1S/C10H9N2/c11-9-5-1-3-7-8(9)4-2-6-10(7)12/h1-3,5-6H,11-12H2. The Balaban J connectivity index is 2.94. The van der Waals surface area contributed by atoms with Gasteiger partial charge in [-0.05, 0) is 18.2 Å². The number of nitrogens with two attached hydrogens (primary N) is 2. The molecule has 1 radical (unpaired) electrons. The molecule has 0 fully saturated rings. The van der Waals surface area contributed by atoms with Crippen LogP contribution < -0.4 is 11.5 Å². The van der Waals surface area contributed by atoms with Crippen molar-refractivity contribution in [2.45, 2.75) is 0 Å². The van der Waals surface area contributed by atoms with Crippen molar-refractivity contribution in [1.29, 1.82) is 0 Å². The fourth-order valence-electron chi connectivity index (χ4n) is 1.28. The van der Waals surface area contributed by atoms with Crippen LogP contribution in [-0.4, -0.2) is 0 Å². The molecule has 59 valence electrons. The van der Waals surface area contributed by atoms with Crippen LogP contribution in [0.25, 0.3) is 10.8 Å². The van der Waals surface area contributed by atoms with E-state index in [2.05, 4.69) is 6.07 Å². The molecule has 0 aromatic heterocycles. The summed E-state index contributed by atoms with van der Waals surface area (Å²) in [5, 5.41) is 1.87. The topological polar surface area (TPSA) is 52.0 Å². The zero-order valence-electron chi connectivity index (χ0n) is 6.54. The molecule has 0 spiro atoms. The third-order valence-corrected chi connectivity index (χ3v) is 1.90. The number of hydrogen-bond donors (Lipinski definition) is 2. The summed E-state index contributed by atoms with van der Waals surface area (Å²) in [6.07, 6.45) is 0. The van der Waals surface area contributed by atoms with E-state index in [4.69, 9.17) is 11.5 Å². The second kappa shape index (κ2) is 2.41. The van der Waals surface area contributed by atoms with E-state index in [0.29, 0.717) is 0 Å². The van der Waals surface area contributed by atoms with E-state index in [9.17, 15) is 0 Å². The van der Waals surface area contributed by atoms with Gasteiger partial charge in [-0.2, -0.15) is 0 Å². The second-order valence-corrected chi connectivity index (χ2v) is 2.70. The average molecular weight is 157 g/mol. The van der Waals surface area contributed by atoms with Crippen LogP contribution >= 0.6 is 0 Å². The molecule has 0 aliphatic heterocycles. The van der Waals surface area contributed by atoms with Crippen LogP contribution in [0.1, 0.15) is 0 Å². The molecule has 2 heteroatoms. The third kappa shape index (κ3) is 0.889. The van der Waals surface area contributed by atoms with Crippen molar-refractivity contribution in [2.75, 3.05) is 11.5 Å². The Morgan fingerprint density at radius 3 is 2.58 bits per heavy atom. The van der Waals surface area contributed by atoms with Crippen LogP contribution in [0.5, 0.6) is 0 Å². The lowest BCUT2D eigenvalue weighted by Crippen LogP contribution is -1.90. The van der Waals surface area contributed by atoms with E-state index < -0.39 is 0 Å². The predicted octanol–water partition coefficient (Wildman–Crippen LogP) is 1.80. The van der Waals surface area contributed by atoms with Crippen molar-refractivity contribution in [2.24, 2.45) is 0 Å². The van der Waals surface area contributed by atoms with Gasteiger partial charge >= 0.3 is 0 Å². The number of rotatable bonds is 0. The second-order valence-electron chi connectivity index (χ2n) is 2.70. The van der Waals surface area contributed by atoms with E-state index >= 15 is 0 Å². The van der Waals surface area contributed by atoms with Crippen LogP contribution in [-0.2, 0) is 0 Å². The maximum Gasteiger partial charge on any atom is 0.0400 e. The summed E-state index contributed by atoms with van der Waals surface area (Å²) in [5.74, 6) is 0. The van der Waals surface area contributed by atoms with Gasteiger partial charge in [-0.3, -0.25) is 0 Å². The van der Waals surface area contributed by atoms with Gasteiger partial charge in [0.1, 0.15) is 0 Å². The molecule has 2 rings (SSSR count). The molecule has 2 nitrogen and oxygen atoms in total. The van der Waals surface area contributed by atoms with Gasteiger partial charge in [0.2, 0.25) is 0 Å². The quantitative estimate of drug-likeness (QED) is 0.573. The lowest BCUT2D eigenvalue weighted by molar-refractivity contribution is 1.70. The third-order valence-electron chi connectivity index (χ3n) is 1.90. The first-order valence-electron chi connectivity index (χ1n) is 3.73. The Morgan fingerprint density at radius 2 is 1.83 bits per heavy atom. The van der Waals surface area contributed by atoms with Crippen LogP contribution in [0.2, 0.25) is 0 Å². The molecule has 12 heavy (non-hydrogen) atoms. The van der Waals surface area contributed by atoms with Crippen LogP contribution in [0, 0.1) is 6.07 Å². The van der Waals surface area contributed by atoms with Gasteiger partial charge < -0.3 is 11.5 Å². The molecule has 0 amide bonds. The van der Waals surface area contributed by atoms with Gasteiger partial charge in [0.25, 0.3) is 0 Å². The Morgan fingerprint density at radius 1 is 1.00 bits per heavy atom. The smallest absolute Gasteiger partial charge is 0.0400 e. The molecule has 0 saturated heterocycles. The first-order chi connectivity index (χ1) is 5.79. The molecule has 0 saturated carbocycles. The van der Waals surface area contributed by atoms with E-state index in [0.717, 1.165) is 22.1 Å². The summed E-state index contributed by atoms with van der Waals surface area (Å²) in [7, 11) is 0. The maximum atomic E-state index is 5.75. The van der Waals surface area contributed by atoms with Gasteiger partial charge in [-0.1, -0.05) is 18.2 Å². The summed E-state index contributed by atoms with van der Waals surface area (Å²) in [6.45, 7) is 0. The zero-order chi connectivity index (χ0) is 8.55. The van der Waals surface area contributed by atoms with Gasteiger partial charge in [-0.15, -0.1) is 0 Å². The lowest BCUT2D eigenvalue weighted by Gasteiger charge is -2.02. The first kappa shape index (κ1) is 6.98.